The Morgan fingerprint density at radius 2 is 1.13 bits per heavy atom. The summed E-state index contributed by atoms with van der Waals surface area (Å²) in [5.74, 6) is 1.28. The van der Waals surface area contributed by atoms with Gasteiger partial charge in [-0.3, -0.25) is 0 Å². The van der Waals surface area contributed by atoms with Crippen LogP contribution in [0.15, 0.2) is 78.4 Å². The first kappa shape index (κ1) is 21.5. The van der Waals surface area contributed by atoms with E-state index >= 15 is 0 Å². The molecule has 0 amide bonds. The summed E-state index contributed by atoms with van der Waals surface area (Å²) in [4.78, 5) is 0. The molecule has 3 aromatic carbocycles. The van der Waals surface area contributed by atoms with Crippen molar-refractivity contribution in [2.75, 3.05) is 0 Å². The summed E-state index contributed by atoms with van der Waals surface area (Å²) < 4.78 is 0. The number of phenols is 3. The Balaban J connectivity index is 2.02. The van der Waals surface area contributed by atoms with Crippen molar-refractivity contribution in [1.29, 1.82) is 0 Å². The van der Waals surface area contributed by atoms with Gasteiger partial charge in [-0.15, -0.1) is 0 Å². The Bertz CT molecular complexity index is 984. The maximum absolute atomic E-state index is 9.77. The third-order valence-electron chi connectivity index (χ3n) is 5.93. The zero-order chi connectivity index (χ0) is 21.7. The molecule has 0 spiro atoms. The fourth-order valence-electron chi connectivity index (χ4n) is 4.15. The van der Waals surface area contributed by atoms with Crippen LogP contribution in [0.4, 0.5) is 0 Å². The Kier molecular flexibility index (Phi) is 6.83. The second-order valence-corrected chi connectivity index (χ2v) is 7.92. The predicted molar refractivity (Wildman–Crippen MR) is 123 cm³/mol. The van der Waals surface area contributed by atoms with Gasteiger partial charge in [-0.2, -0.15) is 0 Å². The molecular formula is C27H30O3. The van der Waals surface area contributed by atoms with Crippen LogP contribution in [0.1, 0.15) is 62.1 Å². The third kappa shape index (κ3) is 5.04. The molecule has 0 aliphatic rings. The van der Waals surface area contributed by atoms with Gasteiger partial charge in [0.1, 0.15) is 17.2 Å². The molecule has 0 aliphatic heterocycles. The number of phenolic OH excluding ortho intramolecular Hbond substituents is 3. The number of aromatic hydroxyl groups is 3. The zero-order valence-corrected chi connectivity index (χ0v) is 17.8. The van der Waals surface area contributed by atoms with Crippen molar-refractivity contribution in [3.8, 4) is 17.2 Å². The van der Waals surface area contributed by atoms with E-state index < -0.39 is 0 Å². The maximum Gasteiger partial charge on any atom is 0.115 e. The van der Waals surface area contributed by atoms with E-state index in [1.54, 1.807) is 36.4 Å². The number of rotatable bonds is 7. The highest BCUT2D eigenvalue weighted by molar-refractivity contribution is 5.69. The standard InChI is InChI=1S/C27H30O3/c1-4-26(19(3)21-7-13-24(29)14-8-21)27(22-9-15-25(30)16-10-22)17-18(2)20-5-11-23(28)12-6-20/h5-16,18,27-30H,4,17H2,1-3H3. The molecule has 0 bridgehead atoms. The van der Waals surface area contributed by atoms with Gasteiger partial charge in [-0.25, -0.2) is 0 Å². The van der Waals surface area contributed by atoms with E-state index in [2.05, 4.69) is 20.8 Å². The van der Waals surface area contributed by atoms with Crippen LogP contribution in [0.25, 0.3) is 5.57 Å². The fourth-order valence-corrected chi connectivity index (χ4v) is 4.15. The molecule has 0 fully saturated rings. The van der Waals surface area contributed by atoms with Crippen LogP contribution in [0.3, 0.4) is 0 Å². The van der Waals surface area contributed by atoms with Crippen molar-refractivity contribution in [1.82, 2.24) is 0 Å². The minimum Gasteiger partial charge on any atom is -0.508 e. The summed E-state index contributed by atoms with van der Waals surface area (Å²) in [7, 11) is 0. The molecule has 3 nitrogen and oxygen atoms in total. The molecular weight excluding hydrogens is 372 g/mol. The van der Waals surface area contributed by atoms with Gasteiger partial charge in [0.15, 0.2) is 0 Å². The zero-order valence-electron chi connectivity index (χ0n) is 17.8. The van der Waals surface area contributed by atoms with Crippen LogP contribution in [-0.2, 0) is 0 Å². The fraction of sp³-hybridized carbons (Fsp3) is 0.259. The van der Waals surface area contributed by atoms with E-state index in [0.29, 0.717) is 5.92 Å². The Morgan fingerprint density at radius 3 is 1.60 bits per heavy atom. The molecule has 0 heterocycles. The molecule has 0 saturated heterocycles. The van der Waals surface area contributed by atoms with E-state index in [1.165, 1.54) is 22.3 Å². The van der Waals surface area contributed by atoms with Crippen molar-refractivity contribution in [3.05, 3.63) is 95.1 Å². The lowest BCUT2D eigenvalue weighted by Crippen LogP contribution is -2.09. The average Bonchev–Trinajstić information content (AvgIpc) is 2.75. The molecule has 0 radical (unpaired) electrons. The van der Waals surface area contributed by atoms with Crippen molar-refractivity contribution >= 4 is 5.57 Å². The van der Waals surface area contributed by atoms with Crippen molar-refractivity contribution in [3.63, 3.8) is 0 Å². The van der Waals surface area contributed by atoms with Gasteiger partial charge in [0.2, 0.25) is 0 Å². The van der Waals surface area contributed by atoms with E-state index in [-0.39, 0.29) is 23.2 Å². The van der Waals surface area contributed by atoms with Crippen molar-refractivity contribution in [2.45, 2.75) is 45.4 Å². The smallest absolute Gasteiger partial charge is 0.115 e. The van der Waals surface area contributed by atoms with Crippen molar-refractivity contribution in [2.24, 2.45) is 0 Å². The summed E-state index contributed by atoms with van der Waals surface area (Å²) >= 11 is 0. The van der Waals surface area contributed by atoms with Crippen LogP contribution in [0, 0.1) is 0 Å². The molecule has 3 aromatic rings. The topological polar surface area (TPSA) is 60.7 Å². The van der Waals surface area contributed by atoms with Gasteiger partial charge in [-0.05, 0) is 84.3 Å². The van der Waals surface area contributed by atoms with E-state index in [1.807, 2.05) is 36.4 Å². The summed E-state index contributed by atoms with van der Waals surface area (Å²) in [6.45, 7) is 6.53. The van der Waals surface area contributed by atoms with Crippen LogP contribution >= 0.6 is 0 Å². The molecule has 0 aromatic heterocycles. The van der Waals surface area contributed by atoms with Crippen LogP contribution in [0.2, 0.25) is 0 Å². The Labute approximate surface area is 179 Å². The lowest BCUT2D eigenvalue weighted by Gasteiger charge is -2.26. The quantitative estimate of drug-likeness (QED) is 0.400. The normalized spacial score (nSPS) is 14.1. The lowest BCUT2D eigenvalue weighted by atomic mass is 9.78. The van der Waals surface area contributed by atoms with E-state index in [4.69, 9.17) is 0 Å². The van der Waals surface area contributed by atoms with Crippen LogP contribution < -0.4 is 0 Å². The first-order valence-electron chi connectivity index (χ1n) is 10.5. The van der Waals surface area contributed by atoms with Gasteiger partial charge >= 0.3 is 0 Å². The molecule has 2 unspecified atom stereocenters. The van der Waals surface area contributed by atoms with Gasteiger partial charge < -0.3 is 15.3 Å². The lowest BCUT2D eigenvalue weighted by molar-refractivity contribution is 0.474. The maximum atomic E-state index is 9.77. The number of allylic oxidation sites excluding steroid dienone is 2. The second kappa shape index (κ2) is 9.53. The van der Waals surface area contributed by atoms with Crippen LogP contribution in [0.5, 0.6) is 17.2 Å². The minimum atomic E-state index is 0.188. The highest BCUT2D eigenvalue weighted by Gasteiger charge is 2.22. The van der Waals surface area contributed by atoms with Gasteiger partial charge in [0, 0.05) is 5.92 Å². The monoisotopic (exact) mass is 402 g/mol. The molecule has 2 atom stereocenters. The van der Waals surface area contributed by atoms with E-state index in [9.17, 15) is 15.3 Å². The number of hydrogen-bond donors (Lipinski definition) is 3. The molecule has 0 aliphatic carbocycles. The van der Waals surface area contributed by atoms with Gasteiger partial charge in [-0.1, -0.05) is 55.8 Å². The molecule has 0 saturated carbocycles. The van der Waals surface area contributed by atoms with Crippen molar-refractivity contribution < 1.29 is 15.3 Å². The van der Waals surface area contributed by atoms with Gasteiger partial charge in [0.25, 0.3) is 0 Å². The molecule has 156 valence electrons. The average molecular weight is 403 g/mol. The first-order chi connectivity index (χ1) is 14.4. The summed E-state index contributed by atoms with van der Waals surface area (Å²) in [5.41, 5.74) is 6.03. The minimum absolute atomic E-state index is 0.188. The molecule has 3 N–H and O–H groups in total. The third-order valence-corrected chi connectivity index (χ3v) is 5.93. The summed E-state index contributed by atoms with van der Waals surface area (Å²) in [6.07, 6.45) is 1.81. The summed E-state index contributed by atoms with van der Waals surface area (Å²) in [5, 5.41) is 29.0. The highest BCUT2D eigenvalue weighted by atomic mass is 16.3. The Hall–Kier alpha value is -3.20. The largest absolute Gasteiger partial charge is 0.508 e. The molecule has 3 rings (SSSR count). The first-order valence-corrected chi connectivity index (χ1v) is 10.5. The van der Waals surface area contributed by atoms with Gasteiger partial charge in [0.05, 0.1) is 0 Å². The predicted octanol–water partition coefficient (Wildman–Crippen LogP) is 6.96. The van der Waals surface area contributed by atoms with E-state index in [0.717, 1.165) is 18.4 Å². The number of hydrogen-bond acceptors (Lipinski definition) is 3. The Morgan fingerprint density at radius 1 is 0.700 bits per heavy atom. The summed E-state index contributed by atoms with van der Waals surface area (Å²) in [6, 6.07) is 22.3. The van der Waals surface area contributed by atoms with Crippen LogP contribution in [-0.4, -0.2) is 15.3 Å². The highest BCUT2D eigenvalue weighted by Crippen LogP contribution is 2.40. The number of benzene rings is 3. The molecule has 30 heavy (non-hydrogen) atoms. The second-order valence-electron chi connectivity index (χ2n) is 7.92. The molecule has 3 heteroatoms. The SMILES string of the molecule is CCC(=C(C)c1ccc(O)cc1)C(CC(C)c1ccc(O)cc1)c1ccc(O)cc1.